The second-order valence-electron chi connectivity index (χ2n) is 6.14. The molecule has 2 rings (SSSR count). The van der Waals surface area contributed by atoms with Crippen LogP contribution in [0.25, 0.3) is 0 Å². The number of hydrogen-bond acceptors (Lipinski definition) is 4. The number of aryl methyl sites for hydroxylation is 1. The van der Waals surface area contributed by atoms with E-state index in [1.807, 2.05) is 4.90 Å². The molecule has 0 unspecified atom stereocenters. The van der Waals surface area contributed by atoms with Crippen LogP contribution in [0.4, 0.5) is 13.2 Å². The van der Waals surface area contributed by atoms with Crippen molar-refractivity contribution in [2.75, 3.05) is 13.1 Å². The van der Waals surface area contributed by atoms with Gasteiger partial charge < -0.3 is 15.1 Å². The molecule has 2 atom stereocenters. The molecule has 0 radical (unpaired) electrons. The second kappa shape index (κ2) is 7.90. The summed E-state index contributed by atoms with van der Waals surface area (Å²) in [4.78, 5) is 25.6. The highest BCUT2D eigenvalue weighted by Gasteiger charge is 2.39. The SMILES string of the molecule is CCNC(=O)[C@@H]1C[C@H](NC(=O)CC(F)(F)F)CN1Cc1ccc(C)o1. The summed E-state index contributed by atoms with van der Waals surface area (Å²) in [5, 5.41) is 5.09. The molecule has 1 aromatic rings. The average molecular weight is 361 g/mol. The van der Waals surface area contributed by atoms with Gasteiger partial charge in [-0.15, -0.1) is 0 Å². The van der Waals surface area contributed by atoms with Crippen LogP contribution in [0.15, 0.2) is 16.5 Å². The van der Waals surface area contributed by atoms with E-state index in [1.54, 1.807) is 26.0 Å². The molecule has 1 fully saturated rings. The summed E-state index contributed by atoms with van der Waals surface area (Å²) < 4.78 is 42.4. The van der Waals surface area contributed by atoms with Gasteiger partial charge in [-0.2, -0.15) is 13.2 Å². The molecule has 0 bridgehead atoms. The summed E-state index contributed by atoms with van der Waals surface area (Å²) in [6.45, 7) is 4.67. The lowest BCUT2D eigenvalue weighted by Crippen LogP contribution is -2.42. The smallest absolute Gasteiger partial charge is 0.397 e. The number of furan rings is 1. The lowest BCUT2D eigenvalue weighted by molar-refractivity contribution is -0.154. The van der Waals surface area contributed by atoms with Crippen molar-refractivity contribution in [2.24, 2.45) is 0 Å². The molecule has 0 aliphatic carbocycles. The Labute approximate surface area is 143 Å². The van der Waals surface area contributed by atoms with Crippen LogP contribution in [0.2, 0.25) is 0 Å². The monoisotopic (exact) mass is 361 g/mol. The van der Waals surface area contributed by atoms with Gasteiger partial charge in [-0.25, -0.2) is 0 Å². The standard InChI is InChI=1S/C16H22F3N3O3/c1-3-20-15(24)13-6-11(21-14(23)7-16(17,18)19)8-22(13)9-12-5-4-10(2)25-12/h4-5,11,13H,3,6-9H2,1-2H3,(H,20,24)(H,21,23)/t11-,13-/m0/s1. The number of amides is 2. The number of halogens is 3. The minimum atomic E-state index is -4.55. The van der Waals surface area contributed by atoms with Crippen molar-refractivity contribution in [2.45, 2.75) is 51.5 Å². The first-order chi connectivity index (χ1) is 11.7. The van der Waals surface area contributed by atoms with E-state index in [0.29, 0.717) is 18.8 Å². The lowest BCUT2D eigenvalue weighted by Gasteiger charge is -2.22. The van der Waals surface area contributed by atoms with Gasteiger partial charge in [0.2, 0.25) is 11.8 Å². The maximum absolute atomic E-state index is 12.3. The van der Waals surface area contributed by atoms with Crippen LogP contribution >= 0.6 is 0 Å². The molecule has 9 heteroatoms. The zero-order chi connectivity index (χ0) is 18.6. The highest BCUT2D eigenvalue weighted by molar-refractivity contribution is 5.82. The Hall–Kier alpha value is -2.03. The fourth-order valence-corrected chi connectivity index (χ4v) is 2.98. The third-order valence-corrected chi connectivity index (χ3v) is 3.94. The van der Waals surface area contributed by atoms with Gasteiger partial charge in [0.05, 0.1) is 12.6 Å². The van der Waals surface area contributed by atoms with E-state index < -0.39 is 30.6 Å². The van der Waals surface area contributed by atoms with Gasteiger partial charge in [0, 0.05) is 19.1 Å². The van der Waals surface area contributed by atoms with Gasteiger partial charge in [0.1, 0.15) is 17.9 Å². The van der Waals surface area contributed by atoms with Gasteiger partial charge in [-0.3, -0.25) is 14.5 Å². The molecule has 1 saturated heterocycles. The van der Waals surface area contributed by atoms with E-state index in [2.05, 4.69) is 10.6 Å². The van der Waals surface area contributed by atoms with Crippen molar-refractivity contribution >= 4 is 11.8 Å². The molecule has 2 heterocycles. The van der Waals surface area contributed by atoms with Gasteiger partial charge in [0.25, 0.3) is 0 Å². The molecule has 1 aliphatic heterocycles. The van der Waals surface area contributed by atoms with Crippen LogP contribution in [-0.4, -0.2) is 48.1 Å². The number of likely N-dealkylation sites (N-methyl/N-ethyl adjacent to an activating group) is 1. The minimum absolute atomic E-state index is 0.210. The van der Waals surface area contributed by atoms with Gasteiger partial charge >= 0.3 is 6.18 Å². The van der Waals surface area contributed by atoms with Crippen molar-refractivity contribution in [3.05, 3.63) is 23.7 Å². The maximum atomic E-state index is 12.3. The van der Waals surface area contributed by atoms with Gasteiger partial charge in [0.15, 0.2) is 0 Å². The lowest BCUT2D eigenvalue weighted by atomic mass is 10.1. The number of alkyl halides is 3. The number of nitrogens with zero attached hydrogens (tertiary/aromatic N) is 1. The Morgan fingerprint density at radius 3 is 2.64 bits per heavy atom. The molecule has 0 aromatic carbocycles. The van der Waals surface area contributed by atoms with E-state index >= 15 is 0 Å². The number of nitrogens with one attached hydrogen (secondary N) is 2. The van der Waals surface area contributed by atoms with E-state index in [4.69, 9.17) is 4.42 Å². The first-order valence-electron chi connectivity index (χ1n) is 8.11. The summed E-state index contributed by atoms with van der Waals surface area (Å²) in [6, 6.07) is 2.55. The molecule has 0 saturated carbocycles. The van der Waals surface area contributed by atoms with Crippen LogP contribution in [0, 0.1) is 6.92 Å². The Morgan fingerprint density at radius 1 is 1.36 bits per heavy atom. The zero-order valence-corrected chi connectivity index (χ0v) is 14.2. The third kappa shape index (κ3) is 5.77. The van der Waals surface area contributed by atoms with Crippen LogP contribution in [-0.2, 0) is 16.1 Å². The minimum Gasteiger partial charge on any atom is -0.465 e. The molecular weight excluding hydrogens is 339 g/mol. The van der Waals surface area contributed by atoms with Crippen molar-refractivity contribution in [3.8, 4) is 0 Å². The molecule has 1 aliphatic rings. The number of likely N-dealkylation sites (tertiary alicyclic amines) is 1. The first-order valence-corrected chi connectivity index (χ1v) is 8.11. The first kappa shape index (κ1) is 19.3. The Bertz CT molecular complexity index is 615. The molecule has 1 aromatic heterocycles. The van der Waals surface area contributed by atoms with Crippen molar-refractivity contribution < 1.29 is 27.2 Å². The number of hydrogen-bond donors (Lipinski definition) is 2. The van der Waals surface area contributed by atoms with Crippen molar-refractivity contribution in [3.63, 3.8) is 0 Å². The van der Waals surface area contributed by atoms with E-state index in [1.165, 1.54) is 0 Å². The molecule has 140 valence electrons. The quantitative estimate of drug-likeness (QED) is 0.809. The largest absolute Gasteiger partial charge is 0.465 e. The summed E-state index contributed by atoms with van der Waals surface area (Å²) in [5.41, 5.74) is 0. The number of carbonyl (C=O) groups is 2. The second-order valence-corrected chi connectivity index (χ2v) is 6.14. The van der Waals surface area contributed by atoms with Gasteiger partial charge in [-0.05, 0) is 32.4 Å². The van der Waals surface area contributed by atoms with Crippen LogP contribution in [0.1, 0.15) is 31.3 Å². The Morgan fingerprint density at radius 2 is 2.08 bits per heavy atom. The van der Waals surface area contributed by atoms with E-state index in [-0.39, 0.29) is 18.9 Å². The maximum Gasteiger partial charge on any atom is 0.397 e. The summed E-state index contributed by atoms with van der Waals surface area (Å²) in [7, 11) is 0. The topological polar surface area (TPSA) is 74.6 Å². The summed E-state index contributed by atoms with van der Waals surface area (Å²) in [5.74, 6) is 0.106. The normalized spacial score (nSPS) is 21.3. The predicted octanol–water partition coefficient (Wildman–Crippen LogP) is 1.74. The molecule has 2 N–H and O–H groups in total. The van der Waals surface area contributed by atoms with Crippen molar-refractivity contribution in [1.29, 1.82) is 0 Å². The van der Waals surface area contributed by atoms with Crippen LogP contribution < -0.4 is 10.6 Å². The van der Waals surface area contributed by atoms with Crippen LogP contribution in [0.5, 0.6) is 0 Å². The molecular formula is C16H22F3N3O3. The fraction of sp³-hybridized carbons (Fsp3) is 0.625. The molecule has 25 heavy (non-hydrogen) atoms. The van der Waals surface area contributed by atoms with E-state index in [0.717, 1.165) is 5.76 Å². The molecule has 0 spiro atoms. The Kier molecular flexibility index (Phi) is 6.10. The average Bonchev–Trinajstić information content (AvgIpc) is 3.04. The predicted molar refractivity (Wildman–Crippen MR) is 83.5 cm³/mol. The van der Waals surface area contributed by atoms with Crippen molar-refractivity contribution in [1.82, 2.24) is 15.5 Å². The summed E-state index contributed by atoms with van der Waals surface area (Å²) >= 11 is 0. The molecule has 2 amide bonds. The molecule has 6 nitrogen and oxygen atoms in total. The number of carbonyl (C=O) groups excluding carboxylic acids is 2. The Balaban J connectivity index is 2.02. The highest BCUT2D eigenvalue weighted by atomic mass is 19.4. The summed E-state index contributed by atoms with van der Waals surface area (Å²) in [6.07, 6.45) is -5.81. The highest BCUT2D eigenvalue weighted by Crippen LogP contribution is 2.23. The zero-order valence-electron chi connectivity index (χ0n) is 14.2. The van der Waals surface area contributed by atoms with Crippen LogP contribution in [0.3, 0.4) is 0 Å². The van der Waals surface area contributed by atoms with E-state index in [9.17, 15) is 22.8 Å². The third-order valence-electron chi connectivity index (χ3n) is 3.94. The number of rotatable bonds is 6. The fourth-order valence-electron chi connectivity index (χ4n) is 2.98. The van der Waals surface area contributed by atoms with Gasteiger partial charge in [-0.1, -0.05) is 0 Å².